The summed E-state index contributed by atoms with van der Waals surface area (Å²) in [7, 11) is 0. The molecule has 0 saturated carbocycles. The minimum atomic E-state index is 0.0797. The molecule has 3 nitrogen and oxygen atoms in total. The lowest BCUT2D eigenvalue weighted by Gasteiger charge is -2.41. The number of nitrogens with zero attached hydrogens (tertiary/aromatic N) is 1. The molecule has 0 aromatic heterocycles. The third-order valence-electron chi connectivity index (χ3n) is 4.34. The molecule has 0 spiro atoms. The van der Waals surface area contributed by atoms with E-state index in [1.165, 1.54) is 16.3 Å². The topological polar surface area (TPSA) is 38.5 Å². The lowest BCUT2D eigenvalue weighted by Crippen LogP contribution is -2.48. The normalized spacial score (nSPS) is 23.5. The smallest absolute Gasteiger partial charge is 0.0894 e. The van der Waals surface area contributed by atoms with Gasteiger partial charge in [-0.1, -0.05) is 49.4 Å². The first-order chi connectivity index (χ1) is 10.3. The van der Waals surface area contributed by atoms with Crippen LogP contribution in [0.25, 0.3) is 10.8 Å². The summed E-state index contributed by atoms with van der Waals surface area (Å²) < 4.78 is 5.95. The van der Waals surface area contributed by atoms with Crippen LogP contribution in [-0.2, 0) is 4.74 Å². The van der Waals surface area contributed by atoms with Gasteiger partial charge >= 0.3 is 0 Å². The minimum Gasteiger partial charge on any atom is -0.374 e. The summed E-state index contributed by atoms with van der Waals surface area (Å²) >= 11 is 0. The van der Waals surface area contributed by atoms with Crippen LogP contribution in [0.1, 0.15) is 24.9 Å². The van der Waals surface area contributed by atoms with Gasteiger partial charge in [0.15, 0.2) is 0 Å². The van der Waals surface area contributed by atoms with Crippen LogP contribution >= 0.6 is 0 Å². The van der Waals surface area contributed by atoms with E-state index < -0.39 is 0 Å². The molecule has 0 bridgehead atoms. The van der Waals surface area contributed by atoms with E-state index in [2.05, 4.69) is 54.3 Å². The summed E-state index contributed by atoms with van der Waals surface area (Å²) in [4.78, 5) is 2.53. The highest BCUT2D eigenvalue weighted by Crippen LogP contribution is 2.33. The number of nitrogens with two attached hydrogens (primary N) is 1. The molecule has 21 heavy (non-hydrogen) atoms. The Morgan fingerprint density at radius 1 is 1.19 bits per heavy atom. The van der Waals surface area contributed by atoms with E-state index in [1.54, 1.807) is 0 Å². The third-order valence-corrected chi connectivity index (χ3v) is 4.34. The van der Waals surface area contributed by atoms with Crippen molar-refractivity contribution in [2.24, 2.45) is 5.73 Å². The molecule has 0 aliphatic carbocycles. The molecule has 112 valence electrons. The first-order valence-electron chi connectivity index (χ1n) is 7.88. The van der Waals surface area contributed by atoms with Crippen LogP contribution in [0, 0.1) is 0 Å². The molecule has 1 fully saturated rings. The lowest BCUT2D eigenvalue weighted by atomic mass is 9.93. The van der Waals surface area contributed by atoms with Gasteiger partial charge in [0.25, 0.3) is 0 Å². The average molecular weight is 284 g/mol. The molecule has 1 heterocycles. The fourth-order valence-electron chi connectivity index (χ4n) is 3.43. The largest absolute Gasteiger partial charge is 0.374 e. The lowest BCUT2D eigenvalue weighted by molar-refractivity contribution is -0.0671. The van der Waals surface area contributed by atoms with Crippen LogP contribution in [0.4, 0.5) is 0 Å². The van der Waals surface area contributed by atoms with Gasteiger partial charge in [0.05, 0.1) is 18.8 Å². The molecule has 2 unspecified atom stereocenters. The molecule has 2 atom stereocenters. The predicted molar refractivity (Wildman–Crippen MR) is 87.3 cm³/mol. The van der Waals surface area contributed by atoms with Gasteiger partial charge in [0, 0.05) is 13.1 Å². The number of hydrogen-bond donors (Lipinski definition) is 1. The molecule has 2 aromatic carbocycles. The Labute approximate surface area is 126 Å². The number of rotatable bonds is 4. The molecule has 2 aromatic rings. The Hall–Kier alpha value is -1.42. The molecular formula is C18H24N2O. The third kappa shape index (κ3) is 2.82. The molecule has 2 N–H and O–H groups in total. The zero-order valence-electron chi connectivity index (χ0n) is 12.7. The van der Waals surface area contributed by atoms with E-state index >= 15 is 0 Å². The maximum atomic E-state index is 5.98. The molecule has 1 aliphatic heterocycles. The number of fused-ring (bicyclic) bond motifs is 1. The summed E-state index contributed by atoms with van der Waals surface area (Å²) in [5.41, 5.74) is 7.33. The van der Waals surface area contributed by atoms with Crippen molar-refractivity contribution in [2.45, 2.75) is 25.5 Å². The molecule has 3 rings (SSSR count). The Bertz CT molecular complexity index is 591. The summed E-state index contributed by atoms with van der Waals surface area (Å²) in [6, 6.07) is 15.4. The second-order valence-corrected chi connectivity index (χ2v) is 5.69. The second-order valence-electron chi connectivity index (χ2n) is 5.69. The van der Waals surface area contributed by atoms with Crippen LogP contribution in [-0.4, -0.2) is 37.2 Å². The summed E-state index contributed by atoms with van der Waals surface area (Å²) in [5.74, 6) is 0. The van der Waals surface area contributed by atoms with Gasteiger partial charge in [-0.25, -0.2) is 0 Å². The van der Waals surface area contributed by atoms with Gasteiger partial charge in [0.1, 0.15) is 0 Å². The van der Waals surface area contributed by atoms with Gasteiger partial charge in [0.2, 0.25) is 0 Å². The van der Waals surface area contributed by atoms with Crippen LogP contribution in [0.15, 0.2) is 42.5 Å². The van der Waals surface area contributed by atoms with E-state index in [0.717, 1.165) is 26.1 Å². The Kier molecular flexibility index (Phi) is 4.54. The first-order valence-corrected chi connectivity index (χ1v) is 7.88. The summed E-state index contributed by atoms with van der Waals surface area (Å²) in [6.45, 7) is 5.65. The molecule has 0 radical (unpaired) electrons. The van der Waals surface area contributed by atoms with Crippen molar-refractivity contribution in [3.63, 3.8) is 0 Å². The molecule has 3 heteroatoms. The van der Waals surface area contributed by atoms with Crippen molar-refractivity contribution in [1.29, 1.82) is 0 Å². The van der Waals surface area contributed by atoms with Gasteiger partial charge in [-0.15, -0.1) is 0 Å². The summed E-state index contributed by atoms with van der Waals surface area (Å²) in [5, 5.41) is 2.60. The Balaban J connectivity index is 2.07. The van der Waals surface area contributed by atoms with Crippen molar-refractivity contribution in [3.05, 3.63) is 48.0 Å². The van der Waals surface area contributed by atoms with Crippen molar-refractivity contribution >= 4 is 10.8 Å². The highest BCUT2D eigenvalue weighted by molar-refractivity contribution is 5.86. The summed E-state index contributed by atoms with van der Waals surface area (Å²) in [6.07, 6.45) is 1.23. The van der Waals surface area contributed by atoms with Crippen LogP contribution < -0.4 is 5.73 Å². The second kappa shape index (κ2) is 6.56. The van der Waals surface area contributed by atoms with Crippen LogP contribution in [0.2, 0.25) is 0 Å². The molecule has 1 saturated heterocycles. The van der Waals surface area contributed by atoms with E-state index in [1.807, 2.05) is 0 Å². The molecule has 1 aliphatic rings. The van der Waals surface area contributed by atoms with Crippen molar-refractivity contribution < 1.29 is 4.74 Å². The molecule has 0 amide bonds. The molecular weight excluding hydrogens is 260 g/mol. The Morgan fingerprint density at radius 2 is 2.00 bits per heavy atom. The fraction of sp³-hybridized carbons (Fsp3) is 0.444. The predicted octanol–water partition coefficient (Wildman–Crippen LogP) is 2.95. The highest BCUT2D eigenvalue weighted by Gasteiger charge is 2.33. The first kappa shape index (κ1) is 14.5. The van der Waals surface area contributed by atoms with Gasteiger partial charge in [-0.05, 0) is 29.3 Å². The van der Waals surface area contributed by atoms with Crippen LogP contribution in [0.5, 0.6) is 0 Å². The van der Waals surface area contributed by atoms with Gasteiger partial charge in [-0.3, -0.25) is 4.90 Å². The SMILES string of the molecule is CCCN1CCOC(CN)C1c1cccc2ccccc12. The fourth-order valence-corrected chi connectivity index (χ4v) is 3.43. The van der Waals surface area contributed by atoms with Gasteiger partial charge in [-0.2, -0.15) is 0 Å². The van der Waals surface area contributed by atoms with Crippen molar-refractivity contribution in [3.8, 4) is 0 Å². The number of benzene rings is 2. The van der Waals surface area contributed by atoms with Gasteiger partial charge < -0.3 is 10.5 Å². The van der Waals surface area contributed by atoms with E-state index in [0.29, 0.717) is 6.54 Å². The maximum Gasteiger partial charge on any atom is 0.0894 e. The number of ether oxygens (including phenoxy) is 1. The van der Waals surface area contributed by atoms with Crippen molar-refractivity contribution in [1.82, 2.24) is 4.90 Å². The van der Waals surface area contributed by atoms with E-state index in [4.69, 9.17) is 10.5 Å². The zero-order valence-corrected chi connectivity index (χ0v) is 12.7. The van der Waals surface area contributed by atoms with Crippen LogP contribution in [0.3, 0.4) is 0 Å². The number of morpholine rings is 1. The minimum absolute atomic E-state index is 0.0797. The maximum absolute atomic E-state index is 5.98. The van der Waals surface area contributed by atoms with E-state index in [9.17, 15) is 0 Å². The Morgan fingerprint density at radius 3 is 2.81 bits per heavy atom. The zero-order chi connectivity index (χ0) is 14.7. The monoisotopic (exact) mass is 284 g/mol. The van der Waals surface area contributed by atoms with Crippen molar-refractivity contribution in [2.75, 3.05) is 26.2 Å². The number of hydrogen-bond acceptors (Lipinski definition) is 3. The standard InChI is InChI=1S/C18H24N2O/c1-2-10-20-11-12-21-17(13-19)18(20)16-9-5-7-14-6-3-4-8-15(14)16/h3-9,17-18H,2,10-13,19H2,1H3. The average Bonchev–Trinajstić information content (AvgIpc) is 2.54. The quantitative estimate of drug-likeness (QED) is 0.938. The van der Waals surface area contributed by atoms with E-state index in [-0.39, 0.29) is 12.1 Å². The highest BCUT2D eigenvalue weighted by atomic mass is 16.5.